The molecular weight excluding hydrogens is 466 g/mol. The molecule has 37 heavy (non-hydrogen) atoms. The quantitative estimate of drug-likeness (QED) is 0.219. The van der Waals surface area contributed by atoms with Crippen LogP contribution in [0.3, 0.4) is 0 Å². The predicted molar refractivity (Wildman–Crippen MR) is 142 cm³/mol. The minimum absolute atomic E-state index is 0.0272. The summed E-state index contributed by atoms with van der Waals surface area (Å²) < 4.78 is 5.32. The van der Waals surface area contributed by atoms with Crippen molar-refractivity contribution in [2.75, 3.05) is 12.1 Å². The number of anilines is 1. The van der Waals surface area contributed by atoms with Gasteiger partial charge in [-0.05, 0) is 41.0 Å². The number of methoxy groups -OCH3 is 1. The van der Waals surface area contributed by atoms with E-state index in [-0.39, 0.29) is 11.7 Å². The maximum atomic E-state index is 11.3. The Morgan fingerprint density at radius 3 is 2.16 bits per heavy atom. The van der Waals surface area contributed by atoms with Gasteiger partial charge in [-0.1, -0.05) is 78.0 Å². The molecule has 4 aromatic carbocycles. The van der Waals surface area contributed by atoms with Crippen LogP contribution in [-0.2, 0) is 13.0 Å². The highest BCUT2D eigenvalue weighted by molar-refractivity contribution is 5.54. The molecule has 2 atom stereocenters. The van der Waals surface area contributed by atoms with Gasteiger partial charge in [-0.25, -0.2) is 5.01 Å². The van der Waals surface area contributed by atoms with Crippen molar-refractivity contribution in [3.63, 3.8) is 0 Å². The fourth-order valence-electron chi connectivity index (χ4n) is 4.68. The molecule has 0 saturated carbocycles. The third-order valence-corrected chi connectivity index (χ3v) is 6.58. The largest absolute Gasteiger partial charge is 0.497 e. The first-order valence-corrected chi connectivity index (χ1v) is 12.0. The normalized spacial score (nSPS) is 18.6. The zero-order valence-corrected chi connectivity index (χ0v) is 20.4. The Morgan fingerprint density at radius 1 is 0.892 bits per heavy atom. The van der Waals surface area contributed by atoms with Crippen molar-refractivity contribution in [2.24, 2.45) is 10.3 Å². The van der Waals surface area contributed by atoms with Crippen LogP contribution in [0.25, 0.3) is 0 Å². The molecule has 0 radical (unpaired) electrons. The number of nitrogens with one attached hydrogen (secondary N) is 1. The Morgan fingerprint density at radius 2 is 1.54 bits per heavy atom. The number of rotatable bonds is 9. The molecular formula is C29H27N5O3. The average Bonchev–Trinajstić information content (AvgIpc) is 3.32. The van der Waals surface area contributed by atoms with Crippen molar-refractivity contribution in [3.05, 3.63) is 136 Å². The Hall–Kier alpha value is -4.56. The van der Waals surface area contributed by atoms with Crippen LogP contribution in [-0.4, -0.2) is 17.7 Å². The number of non-ortho nitro benzene ring substituents is 1. The first-order valence-electron chi connectivity index (χ1n) is 12.0. The van der Waals surface area contributed by atoms with E-state index in [1.807, 2.05) is 65.7 Å². The molecule has 0 aliphatic carbocycles. The van der Waals surface area contributed by atoms with Crippen LogP contribution < -0.4 is 15.1 Å². The van der Waals surface area contributed by atoms with Gasteiger partial charge in [0.2, 0.25) is 0 Å². The Bertz CT molecular complexity index is 1360. The molecule has 0 amide bonds. The second-order valence-corrected chi connectivity index (χ2v) is 8.89. The minimum atomic E-state index is -0.779. The maximum absolute atomic E-state index is 11.3. The van der Waals surface area contributed by atoms with Gasteiger partial charge in [0, 0.05) is 25.1 Å². The van der Waals surface area contributed by atoms with E-state index in [1.165, 1.54) is 12.1 Å². The Balaban J connectivity index is 1.59. The molecule has 0 fully saturated rings. The lowest BCUT2D eigenvalue weighted by Crippen LogP contribution is -2.59. The summed E-state index contributed by atoms with van der Waals surface area (Å²) in [6.45, 7) is 0.550. The molecule has 4 aromatic rings. The maximum Gasteiger partial charge on any atom is 0.269 e. The summed E-state index contributed by atoms with van der Waals surface area (Å²) in [5.74, 6) is 0.795. The van der Waals surface area contributed by atoms with Crippen LogP contribution in [0.4, 0.5) is 11.4 Å². The number of benzene rings is 4. The SMILES string of the molecule is COc1ccc(CNC2(Cc3ccccc3)C(c3ccccc3)N=NN2c2ccc([N+](=O)[O-])cc2)cc1. The second kappa shape index (κ2) is 10.6. The van der Waals surface area contributed by atoms with Crippen molar-refractivity contribution < 1.29 is 9.66 Å². The van der Waals surface area contributed by atoms with Gasteiger partial charge >= 0.3 is 0 Å². The summed E-state index contributed by atoms with van der Waals surface area (Å²) in [7, 11) is 1.65. The van der Waals surface area contributed by atoms with Crippen LogP contribution in [0.5, 0.6) is 5.75 Å². The molecule has 0 saturated heterocycles. The topological polar surface area (TPSA) is 92.4 Å². The van der Waals surface area contributed by atoms with Gasteiger partial charge in [0.25, 0.3) is 5.69 Å². The van der Waals surface area contributed by atoms with Gasteiger partial charge in [-0.15, -0.1) is 0 Å². The van der Waals surface area contributed by atoms with Gasteiger partial charge in [-0.3, -0.25) is 15.4 Å². The molecule has 5 rings (SSSR count). The summed E-state index contributed by atoms with van der Waals surface area (Å²) in [4.78, 5) is 10.9. The lowest BCUT2D eigenvalue weighted by atomic mass is 9.86. The summed E-state index contributed by atoms with van der Waals surface area (Å²) in [5, 5.41) is 26.3. The first-order chi connectivity index (χ1) is 18.1. The molecule has 186 valence electrons. The number of hydrogen-bond donors (Lipinski definition) is 1. The zero-order chi connectivity index (χ0) is 25.7. The molecule has 1 heterocycles. The van der Waals surface area contributed by atoms with Gasteiger partial charge in [0.15, 0.2) is 0 Å². The van der Waals surface area contributed by atoms with Gasteiger partial charge < -0.3 is 4.74 Å². The second-order valence-electron chi connectivity index (χ2n) is 8.89. The molecule has 1 aliphatic heterocycles. The number of nitro groups is 1. The molecule has 1 aliphatic rings. The molecule has 0 spiro atoms. The predicted octanol–water partition coefficient (Wildman–Crippen LogP) is 6.26. The molecule has 0 aromatic heterocycles. The molecule has 2 unspecified atom stereocenters. The van der Waals surface area contributed by atoms with Crippen molar-refractivity contribution in [1.82, 2.24) is 5.32 Å². The number of nitro benzene ring substituents is 1. The zero-order valence-electron chi connectivity index (χ0n) is 20.4. The smallest absolute Gasteiger partial charge is 0.269 e. The highest BCUT2D eigenvalue weighted by Crippen LogP contribution is 2.44. The van der Waals surface area contributed by atoms with E-state index < -0.39 is 10.6 Å². The van der Waals surface area contributed by atoms with Crippen LogP contribution in [0.1, 0.15) is 22.7 Å². The molecule has 8 nitrogen and oxygen atoms in total. The molecule has 8 heteroatoms. The van der Waals surface area contributed by atoms with E-state index in [0.29, 0.717) is 18.7 Å². The van der Waals surface area contributed by atoms with E-state index >= 15 is 0 Å². The first kappa shape index (κ1) is 24.1. The summed E-state index contributed by atoms with van der Waals surface area (Å²) in [6, 6.07) is 34.3. The van der Waals surface area contributed by atoms with E-state index in [4.69, 9.17) is 9.85 Å². The fourth-order valence-corrected chi connectivity index (χ4v) is 4.68. The van der Waals surface area contributed by atoms with Crippen molar-refractivity contribution in [1.29, 1.82) is 0 Å². The third-order valence-electron chi connectivity index (χ3n) is 6.58. The lowest BCUT2D eigenvalue weighted by Gasteiger charge is -2.41. The Labute approximate surface area is 215 Å². The number of nitrogens with zero attached hydrogens (tertiary/aromatic N) is 4. The standard InChI is InChI=1S/C29H27N5O3/c1-37-27-18-12-23(13-19-27)21-30-29(20-22-8-4-2-5-9-22)28(24-10-6-3-7-11-24)31-32-33(29)25-14-16-26(17-15-25)34(35)36/h2-19,28,30H,20-21H2,1H3. The van der Waals surface area contributed by atoms with Gasteiger partial charge in [0.1, 0.15) is 17.5 Å². The Kier molecular flexibility index (Phi) is 6.91. The highest BCUT2D eigenvalue weighted by Gasteiger charge is 2.50. The van der Waals surface area contributed by atoms with Crippen molar-refractivity contribution in [2.45, 2.75) is 24.7 Å². The van der Waals surface area contributed by atoms with Crippen LogP contribution in [0.15, 0.2) is 120 Å². The van der Waals surface area contributed by atoms with E-state index in [2.05, 4.69) is 34.8 Å². The van der Waals surface area contributed by atoms with Gasteiger partial charge in [0.05, 0.1) is 17.7 Å². The van der Waals surface area contributed by atoms with Crippen LogP contribution in [0, 0.1) is 10.1 Å². The lowest BCUT2D eigenvalue weighted by molar-refractivity contribution is -0.384. The minimum Gasteiger partial charge on any atom is -0.497 e. The summed E-state index contributed by atoms with van der Waals surface area (Å²) in [6.07, 6.45) is 0.591. The van der Waals surface area contributed by atoms with Crippen molar-refractivity contribution in [3.8, 4) is 5.75 Å². The van der Waals surface area contributed by atoms with E-state index in [9.17, 15) is 10.1 Å². The van der Waals surface area contributed by atoms with Crippen LogP contribution in [0.2, 0.25) is 0 Å². The highest BCUT2D eigenvalue weighted by atomic mass is 16.6. The van der Waals surface area contributed by atoms with E-state index in [1.54, 1.807) is 19.2 Å². The molecule has 0 bridgehead atoms. The number of ether oxygens (including phenoxy) is 1. The summed E-state index contributed by atoms with van der Waals surface area (Å²) >= 11 is 0. The third kappa shape index (κ3) is 5.05. The van der Waals surface area contributed by atoms with Crippen molar-refractivity contribution >= 4 is 11.4 Å². The number of hydrogen-bond acceptors (Lipinski definition) is 7. The summed E-state index contributed by atoms with van der Waals surface area (Å²) in [5.41, 5.74) is 3.18. The molecule has 1 N–H and O–H groups in total. The van der Waals surface area contributed by atoms with Gasteiger partial charge in [-0.2, -0.15) is 5.11 Å². The van der Waals surface area contributed by atoms with Crippen LogP contribution >= 0.6 is 0 Å². The monoisotopic (exact) mass is 493 g/mol. The van der Waals surface area contributed by atoms with E-state index in [0.717, 1.165) is 22.4 Å². The average molecular weight is 494 g/mol. The fraction of sp³-hybridized carbons (Fsp3) is 0.172.